The van der Waals surface area contributed by atoms with Crippen LogP contribution in [0, 0.1) is 11.8 Å². The molecule has 2 aliphatic carbocycles. The highest BCUT2D eigenvalue weighted by molar-refractivity contribution is 7.89. The van der Waals surface area contributed by atoms with Crippen molar-refractivity contribution in [2.75, 3.05) is 6.26 Å². The van der Waals surface area contributed by atoms with Crippen LogP contribution in [0.1, 0.15) is 57.1 Å². The molecule has 2 saturated carbocycles. The first kappa shape index (κ1) is 22.8. The lowest BCUT2D eigenvalue weighted by atomic mass is 9.87. The van der Waals surface area contributed by atoms with Crippen LogP contribution in [0.4, 0.5) is 0 Å². The van der Waals surface area contributed by atoms with Gasteiger partial charge in [0.1, 0.15) is 11.4 Å². The van der Waals surface area contributed by atoms with Gasteiger partial charge in [0.25, 0.3) is 0 Å². The molecule has 1 heterocycles. The summed E-state index contributed by atoms with van der Waals surface area (Å²) in [6, 6.07) is 7.85. The van der Waals surface area contributed by atoms with E-state index in [0.29, 0.717) is 12.8 Å². The smallest absolute Gasteiger partial charge is 0.236 e. The Balaban J connectivity index is 1.40. The van der Waals surface area contributed by atoms with Gasteiger partial charge in [0.2, 0.25) is 15.9 Å². The highest BCUT2D eigenvalue weighted by Crippen LogP contribution is 2.33. The van der Waals surface area contributed by atoms with Gasteiger partial charge in [-0.15, -0.1) is 5.10 Å². The van der Waals surface area contributed by atoms with Crippen molar-refractivity contribution in [1.82, 2.24) is 19.7 Å². The summed E-state index contributed by atoms with van der Waals surface area (Å²) in [5.41, 5.74) is 3.06. The largest absolute Gasteiger partial charge is 0.490 e. The van der Waals surface area contributed by atoms with Crippen molar-refractivity contribution in [2.45, 2.75) is 63.9 Å². The summed E-state index contributed by atoms with van der Waals surface area (Å²) < 4.78 is 32.8. The van der Waals surface area contributed by atoms with E-state index in [4.69, 9.17) is 4.74 Å². The van der Waals surface area contributed by atoms with Crippen molar-refractivity contribution in [3.05, 3.63) is 35.9 Å². The minimum Gasteiger partial charge on any atom is -0.490 e. The van der Waals surface area contributed by atoms with Gasteiger partial charge in [-0.25, -0.2) is 8.42 Å². The Labute approximate surface area is 189 Å². The number of ether oxygens (including phenoxy) is 1. The predicted molar refractivity (Wildman–Crippen MR) is 121 cm³/mol. The predicted octanol–water partition coefficient (Wildman–Crippen LogP) is 3.19. The maximum atomic E-state index is 12.2. The number of sulfonamides is 1. The van der Waals surface area contributed by atoms with Crippen LogP contribution < -0.4 is 9.46 Å². The van der Waals surface area contributed by atoms with Gasteiger partial charge in [0.05, 0.1) is 18.1 Å². The van der Waals surface area contributed by atoms with Crippen molar-refractivity contribution >= 4 is 15.9 Å². The average Bonchev–Trinajstić information content (AvgIpc) is 3.38. The summed E-state index contributed by atoms with van der Waals surface area (Å²) in [6.07, 6.45) is 9.61. The summed E-state index contributed by atoms with van der Waals surface area (Å²) in [7, 11) is -1.60. The Morgan fingerprint density at radius 3 is 2.56 bits per heavy atom. The Morgan fingerprint density at radius 2 is 1.88 bits per heavy atom. The number of aryl methyl sites for hydroxylation is 1. The van der Waals surface area contributed by atoms with E-state index < -0.39 is 15.9 Å². The van der Waals surface area contributed by atoms with Gasteiger partial charge < -0.3 is 4.74 Å². The molecule has 1 N–H and O–H groups in total. The molecule has 4 rings (SSSR count). The van der Waals surface area contributed by atoms with E-state index in [1.165, 1.54) is 25.7 Å². The molecule has 0 saturated heterocycles. The normalized spacial score (nSPS) is 22.1. The van der Waals surface area contributed by atoms with Crippen molar-refractivity contribution in [3.8, 4) is 17.0 Å². The minimum absolute atomic E-state index is 0.115. The summed E-state index contributed by atoms with van der Waals surface area (Å²) in [6.45, 7) is 0. The van der Waals surface area contributed by atoms with Crippen LogP contribution in [0.25, 0.3) is 11.3 Å². The van der Waals surface area contributed by atoms with E-state index in [-0.39, 0.29) is 12.0 Å². The summed E-state index contributed by atoms with van der Waals surface area (Å²) >= 11 is 0. The third-order valence-corrected chi connectivity index (χ3v) is 6.96. The maximum absolute atomic E-state index is 12.2. The standard InChI is InChI=1S/C23H31N4O4S/c1-27-21(14-16-6-3-4-7-16)22(24-26-27)17-10-12-19(13-11-17)31-20-9-5-8-18(15-20)23(28)25-32(2,29)30/h10-13,18,20H,3-9,14-15H2,1-2H3,(H,25,28)/t18-,20-/m1/s1. The lowest BCUT2D eigenvalue weighted by Crippen LogP contribution is -2.39. The van der Waals surface area contributed by atoms with Crippen LogP contribution in [-0.4, -0.2) is 41.7 Å². The zero-order valence-corrected chi connectivity index (χ0v) is 19.5. The number of benzene rings is 1. The molecule has 9 heteroatoms. The van der Waals surface area contributed by atoms with Crippen molar-refractivity contribution < 1.29 is 17.9 Å². The first-order valence-electron chi connectivity index (χ1n) is 11.3. The SMILES string of the molecule is Cn1nnc(-c2ccc(O[C@@H]3CCC[C@@H](C(=O)NS(C)(=O)=O)C3)cc2)c1C[C]1CCCC1. The Kier molecular flexibility index (Phi) is 6.83. The molecule has 1 aromatic carbocycles. The average molecular weight is 460 g/mol. The molecule has 2 atom stereocenters. The minimum atomic E-state index is -3.54. The van der Waals surface area contributed by atoms with Crippen LogP contribution in [-0.2, 0) is 28.3 Å². The number of carbonyl (C=O) groups excluding carboxylic acids is 1. The van der Waals surface area contributed by atoms with E-state index in [1.54, 1.807) is 5.92 Å². The molecule has 0 aliphatic heterocycles. The fourth-order valence-corrected chi connectivity index (χ4v) is 5.26. The van der Waals surface area contributed by atoms with Gasteiger partial charge in [0, 0.05) is 18.5 Å². The molecule has 8 nitrogen and oxygen atoms in total. The number of hydrogen-bond donors (Lipinski definition) is 1. The van der Waals surface area contributed by atoms with E-state index in [2.05, 4.69) is 15.0 Å². The van der Waals surface area contributed by atoms with Gasteiger partial charge in [-0.05, 0) is 75.1 Å². The molecular weight excluding hydrogens is 428 g/mol. The third-order valence-electron chi connectivity index (χ3n) is 6.38. The quantitative estimate of drug-likeness (QED) is 0.682. The Morgan fingerprint density at radius 1 is 1.16 bits per heavy atom. The molecule has 32 heavy (non-hydrogen) atoms. The van der Waals surface area contributed by atoms with E-state index in [0.717, 1.165) is 48.2 Å². The van der Waals surface area contributed by atoms with E-state index >= 15 is 0 Å². The zero-order valence-electron chi connectivity index (χ0n) is 18.7. The molecule has 0 spiro atoms. The molecule has 2 aliphatic rings. The molecule has 1 aromatic heterocycles. The lowest BCUT2D eigenvalue weighted by Gasteiger charge is -2.28. The molecule has 2 fully saturated rings. The molecule has 2 aromatic rings. The summed E-state index contributed by atoms with van der Waals surface area (Å²) in [5, 5.41) is 8.64. The highest BCUT2D eigenvalue weighted by Gasteiger charge is 2.30. The summed E-state index contributed by atoms with van der Waals surface area (Å²) in [4.78, 5) is 12.2. The van der Waals surface area contributed by atoms with Crippen LogP contribution in [0.3, 0.4) is 0 Å². The molecule has 173 valence electrons. The number of aromatic nitrogens is 3. The van der Waals surface area contributed by atoms with Crippen molar-refractivity contribution in [2.24, 2.45) is 13.0 Å². The van der Waals surface area contributed by atoms with Crippen LogP contribution in [0.5, 0.6) is 5.75 Å². The second-order valence-electron chi connectivity index (χ2n) is 9.01. The monoisotopic (exact) mass is 459 g/mol. The van der Waals surface area contributed by atoms with Gasteiger partial charge in [0.15, 0.2) is 0 Å². The van der Waals surface area contributed by atoms with E-state index in [1.807, 2.05) is 36.0 Å². The fourth-order valence-electron chi connectivity index (χ4n) is 4.73. The number of carbonyl (C=O) groups is 1. The fraction of sp³-hybridized carbons (Fsp3) is 0.565. The topological polar surface area (TPSA) is 103 Å². The van der Waals surface area contributed by atoms with Gasteiger partial charge >= 0.3 is 0 Å². The molecule has 0 bridgehead atoms. The first-order chi connectivity index (χ1) is 15.3. The second kappa shape index (κ2) is 9.60. The maximum Gasteiger partial charge on any atom is 0.236 e. The van der Waals surface area contributed by atoms with Crippen LogP contribution in [0.2, 0.25) is 0 Å². The van der Waals surface area contributed by atoms with Gasteiger partial charge in [-0.3, -0.25) is 14.2 Å². The lowest BCUT2D eigenvalue weighted by molar-refractivity contribution is -0.125. The molecule has 1 amide bonds. The first-order valence-corrected chi connectivity index (χ1v) is 13.2. The molecule has 1 radical (unpaired) electrons. The Hall–Kier alpha value is -2.42. The molecule has 0 unspecified atom stereocenters. The number of hydrogen-bond acceptors (Lipinski definition) is 6. The number of nitrogens with zero attached hydrogens (tertiary/aromatic N) is 3. The molecular formula is C23H31N4O4S. The number of rotatable bonds is 7. The van der Waals surface area contributed by atoms with Crippen LogP contribution >= 0.6 is 0 Å². The third kappa shape index (κ3) is 5.68. The van der Waals surface area contributed by atoms with Gasteiger partial charge in [-0.2, -0.15) is 0 Å². The van der Waals surface area contributed by atoms with Crippen LogP contribution in [0.15, 0.2) is 24.3 Å². The highest BCUT2D eigenvalue weighted by atomic mass is 32.2. The van der Waals surface area contributed by atoms with Gasteiger partial charge in [-0.1, -0.05) is 18.1 Å². The number of amides is 1. The number of nitrogens with one attached hydrogen (secondary N) is 1. The van der Waals surface area contributed by atoms with E-state index in [9.17, 15) is 13.2 Å². The Bertz CT molecular complexity index is 1040. The van der Waals surface area contributed by atoms with Crippen molar-refractivity contribution in [1.29, 1.82) is 0 Å². The second-order valence-corrected chi connectivity index (χ2v) is 10.8. The summed E-state index contributed by atoms with van der Waals surface area (Å²) in [5.74, 6) is 1.52. The zero-order chi connectivity index (χ0) is 22.7. The van der Waals surface area contributed by atoms with Crippen molar-refractivity contribution in [3.63, 3.8) is 0 Å².